The van der Waals surface area contributed by atoms with Gasteiger partial charge in [0.1, 0.15) is 5.75 Å². The fourth-order valence-corrected chi connectivity index (χ4v) is 5.35. The van der Waals surface area contributed by atoms with Crippen LogP contribution < -0.4 is 9.83 Å². The van der Waals surface area contributed by atoms with Crippen LogP contribution in [-0.2, 0) is 53.7 Å². The van der Waals surface area contributed by atoms with Gasteiger partial charge in [0.25, 0.3) is 0 Å². The first-order valence-electron chi connectivity index (χ1n) is 9.12. The maximum Gasteiger partial charge on any atom is 0.193 e. The molecule has 2 rings (SSSR count). The highest BCUT2D eigenvalue weighted by molar-refractivity contribution is 7.34. The summed E-state index contributed by atoms with van der Waals surface area (Å²) in [5.74, 6) is 0.575. The van der Waals surface area contributed by atoms with Gasteiger partial charge in [-0.25, -0.2) is 0 Å². The molecule has 3 atom stereocenters. The van der Waals surface area contributed by atoms with E-state index in [1.807, 2.05) is 24.3 Å². The first-order chi connectivity index (χ1) is 14.9. The van der Waals surface area contributed by atoms with E-state index in [0.29, 0.717) is 11.1 Å². The Balaban J connectivity index is 2.74. The fraction of sp³-hybridized carbons (Fsp3) is 0.368. The highest BCUT2D eigenvalue weighted by Gasteiger charge is 2.28. The molecule has 31 heavy (non-hydrogen) atoms. The van der Waals surface area contributed by atoms with Crippen molar-refractivity contribution in [1.82, 2.24) is 0 Å². The van der Waals surface area contributed by atoms with E-state index in [1.54, 1.807) is 0 Å². The smallest absolute Gasteiger partial charge is 0.193 e. The van der Waals surface area contributed by atoms with Gasteiger partial charge < -0.3 is 13.6 Å². The topological polar surface area (TPSA) is 78.9 Å². The molecule has 0 aliphatic heterocycles. The molecule has 0 N–H and O–H groups in total. The third-order valence-corrected chi connectivity index (χ3v) is 7.38. The van der Waals surface area contributed by atoms with Crippen molar-refractivity contribution < 1.29 is 27.3 Å². The molecule has 0 spiro atoms. The second-order valence-electron chi connectivity index (χ2n) is 7.30. The Morgan fingerprint density at radius 1 is 0.774 bits per heavy atom. The van der Waals surface area contributed by atoms with Crippen LogP contribution in [0.15, 0.2) is 24.3 Å². The van der Waals surface area contributed by atoms with E-state index in [2.05, 4.69) is 42.2 Å². The predicted molar refractivity (Wildman–Crippen MR) is 134 cm³/mol. The Morgan fingerprint density at radius 3 is 1.52 bits per heavy atom. The van der Waals surface area contributed by atoms with Gasteiger partial charge in [0.15, 0.2) is 25.4 Å². The van der Waals surface area contributed by atoms with Gasteiger partial charge in [-0.2, -0.15) is 0 Å². The monoisotopic (exact) mass is 534 g/mol. The molecule has 0 fully saturated rings. The van der Waals surface area contributed by atoms with Gasteiger partial charge >= 0.3 is 0 Å². The average Bonchev–Trinajstić information content (AvgIpc) is 2.74. The molecule has 6 nitrogen and oxygen atoms in total. The molecular formula is C19H24O6P6. The van der Waals surface area contributed by atoms with Crippen LogP contribution >= 0.6 is 53.8 Å². The Labute approximate surface area is 194 Å². The zero-order chi connectivity index (χ0) is 23.0. The summed E-state index contributed by atoms with van der Waals surface area (Å²) in [6, 6.07) is 7.89. The van der Waals surface area contributed by atoms with Crippen LogP contribution in [0.3, 0.4) is 0 Å². The summed E-state index contributed by atoms with van der Waals surface area (Å²) in [4.78, 5) is 0. The minimum absolute atomic E-state index is 0.0318. The third-order valence-electron chi connectivity index (χ3n) is 5.11. The van der Waals surface area contributed by atoms with Crippen LogP contribution in [0.4, 0.5) is 0 Å². The van der Waals surface area contributed by atoms with Crippen LogP contribution in [0.1, 0.15) is 47.2 Å². The van der Waals surface area contributed by atoms with Crippen molar-refractivity contribution >= 4 is 59.1 Å². The number of benzene rings is 2. The van der Waals surface area contributed by atoms with Gasteiger partial charge in [0, 0.05) is 35.5 Å². The fourth-order valence-electron chi connectivity index (χ4n) is 3.45. The van der Waals surface area contributed by atoms with Crippen LogP contribution in [0.25, 0.3) is 0 Å². The highest BCUT2D eigenvalue weighted by Crippen LogP contribution is 2.40. The van der Waals surface area contributed by atoms with Crippen molar-refractivity contribution in [1.29, 1.82) is 0 Å². The van der Waals surface area contributed by atoms with Gasteiger partial charge in [0.05, 0.1) is 40.3 Å². The maximum atomic E-state index is 11.8. The van der Waals surface area contributed by atoms with E-state index < -0.39 is 5.41 Å². The van der Waals surface area contributed by atoms with Crippen LogP contribution in [0.2, 0.25) is 0 Å². The van der Waals surface area contributed by atoms with Crippen molar-refractivity contribution in [2.45, 2.75) is 44.8 Å². The molecule has 0 heterocycles. The lowest BCUT2D eigenvalue weighted by Crippen LogP contribution is -2.23. The molecule has 12 heteroatoms. The van der Waals surface area contributed by atoms with E-state index in [4.69, 9.17) is 13.6 Å². The molecule has 0 aliphatic carbocycles. The van der Waals surface area contributed by atoms with Crippen molar-refractivity contribution in [2.75, 3.05) is 0 Å². The lowest BCUT2D eigenvalue weighted by atomic mass is 9.76. The summed E-state index contributed by atoms with van der Waals surface area (Å²) in [7, 11) is 6.46. The largest absolute Gasteiger partial charge is 0.480 e. The van der Waals surface area contributed by atoms with Gasteiger partial charge in [-0.3, -0.25) is 13.7 Å². The molecule has 0 saturated heterocycles. The molecule has 0 radical (unpaired) electrons. The molecule has 166 valence electrons. The average molecular weight is 534 g/mol. The first kappa shape index (κ1) is 27.0. The minimum Gasteiger partial charge on any atom is -0.480 e. The van der Waals surface area contributed by atoms with Crippen molar-refractivity contribution in [2.24, 2.45) is 0 Å². The summed E-state index contributed by atoms with van der Waals surface area (Å²) in [5.41, 5.74) is 4.60. The molecule has 3 unspecified atom stereocenters. The number of rotatable bonds is 12. The molecular weight excluding hydrogens is 510 g/mol. The summed E-state index contributed by atoms with van der Waals surface area (Å²) < 4.78 is 50.5. The second-order valence-corrected chi connectivity index (χ2v) is 9.98. The van der Waals surface area contributed by atoms with Crippen molar-refractivity contribution in [3.8, 4) is 5.75 Å². The zero-order valence-electron chi connectivity index (χ0n) is 17.2. The summed E-state index contributed by atoms with van der Waals surface area (Å²) in [5, 5.41) is 0.646. The Kier molecular flexibility index (Phi) is 11.2. The maximum absolute atomic E-state index is 11.8. The van der Waals surface area contributed by atoms with E-state index in [9.17, 15) is 13.7 Å². The Bertz CT molecular complexity index is 907. The summed E-state index contributed by atoms with van der Waals surface area (Å²) in [6.07, 6.45) is 0.561. The SMILES string of the molecule is CC(C)(c1cc(CP=O)c(OP)c(CP=O)c1)c1cc(COP)c(P=O)c(COP)c1. The van der Waals surface area contributed by atoms with Gasteiger partial charge in [-0.1, -0.05) is 38.1 Å². The lowest BCUT2D eigenvalue weighted by Gasteiger charge is -2.29. The first-order valence-corrected chi connectivity index (χ1v) is 13.3. The number of hydrogen-bond donors (Lipinski definition) is 0. The van der Waals surface area contributed by atoms with E-state index in [-0.39, 0.29) is 50.9 Å². The summed E-state index contributed by atoms with van der Waals surface area (Å²) in [6.45, 7) is 4.70. The predicted octanol–water partition coefficient (Wildman–Crippen LogP) is 6.30. The van der Waals surface area contributed by atoms with E-state index in [0.717, 1.165) is 33.4 Å². The van der Waals surface area contributed by atoms with Crippen molar-refractivity contribution in [3.63, 3.8) is 0 Å². The lowest BCUT2D eigenvalue weighted by molar-refractivity contribution is 0.355. The van der Waals surface area contributed by atoms with Crippen LogP contribution in [0.5, 0.6) is 5.75 Å². The normalized spacial score (nSPS) is 12.0. The molecule has 2 aromatic rings. The van der Waals surface area contributed by atoms with E-state index in [1.165, 1.54) is 0 Å². The molecule has 0 bridgehead atoms. The molecule has 2 aromatic carbocycles. The highest BCUT2D eigenvalue weighted by atomic mass is 31.1. The summed E-state index contributed by atoms with van der Waals surface area (Å²) >= 11 is 0. The van der Waals surface area contributed by atoms with E-state index >= 15 is 0 Å². The number of hydrogen-bond acceptors (Lipinski definition) is 6. The molecule has 0 aromatic heterocycles. The third kappa shape index (κ3) is 6.42. The van der Waals surface area contributed by atoms with Gasteiger partial charge in [-0.15, -0.1) is 0 Å². The second kappa shape index (κ2) is 12.8. The molecule has 0 aliphatic rings. The Hall–Kier alpha value is -0.250. The molecule has 0 saturated carbocycles. The van der Waals surface area contributed by atoms with Gasteiger partial charge in [0.2, 0.25) is 0 Å². The van der Waals surface area contributed by atoms with Gasteiger partial charge in [-0.05, 0) is 22.3 Å². The minimum atomic E-state index is -0.480. The van der Waals surface area contributed by atoms with Crippen LogP contribution in [-0.4, -0.2) is 0 Å². The quantitative estimate of drug-likeness (QED) is 0.298. The van der Waals surface area contributed by atoms with Crippen molar-refractivity contribution in [3.05, 3.63) is 57.6 Å². The molecule has 0 amide bonds. The zero-order valence-corrected chi connectivity index (χ0v) is 23.3. The Morgan fingerprint density at radius 2 is 1.19 bits per heavy atom. The van der Waals surface area contributed by atoms with Crippen LogP contribution in [0, 0.1) is 0 Å². The standard InChI is InChI=1S/C19H24O6P6/c1-19(2,15-3-11(7-23-26)18(31-22)12(4-15)8-24-27)16-5-13(9-29-20)17(25-28)14(6-16)10-30-21/h3-6H,7-10,26-28H2,1-2H3.